The SMILES string of the molecule is CCCCCCCC/C=C/CCCCCCCC(=O)OC1C=C2C[C@@H](O)CC[C@]2(C)C2CC[C@@]3(C)C(CC[C@@H]3C(C)CCCC(C)C)C12. The summed E-state index contributed by atoms with van der Waals surface area (Å²) in [5, 5.41) is 10.7. The van der Waals surface area contributed by atoms with E-state index in [1.54, 1.807) is 0 Å². The molecular weight excluding hydrogens is 588 g/mol. The number of carbonyl (C=O) groups excluding carboxylic acids is 1. The number of fused-ring (bicyclic) bond motifs is 5. The normalized spacial score (nSPS) is 33.7. The Morgan fingerprint density at radius 3 is 2.19 bits per heavy atom. The summed E-state index contributed by atoms with van der Waals surface area (Å²) in [6, 6.07) is 0. The first-order chi connectivity index (χ1) is 23.1. The van der Waals surface area contributed by atoms with Crippen LogP contribution in [-0.4, -0.2) is 23.3 Å². The monoisotopic (exact) mass is 667 g/mol. The van der Waals surface area contributed by atoms with Gasteiger partial charge in [-0.2, -0.15) is 0 Å². The van der Waals surface area contributed by atoms with Crippen LogP contribution in [0.5, 0.6) is 0 Å². The standard InChI is InChI=1S/C45H78O3/c1-7-8-9-10-11-12-13-14-15-16-17-18-19-20-21-25-42(47)48-41-33-36-32-37(46)28-30-44(36,5)40-29-31-45(6)38(26-27-39(45)43(40)41)35(4)24-22-23-34(2)3/h14-15,33-35,37-41,43,46H,7-13,16-32H2,1-6H3/b15-14+/t35?,37-,38+,39?,40?,41?,43?,44-,45+/m0/s1. The molecule has 9 atom stereocenters. The molecular formula is C45H78O3. The molecule has 4 aliphatic rings. The third kappa shape index (κ3) is 10.5. The molecule has 4 aliphatic carbocycles. The lowest BCUT2D eigenvalue weighted by molar-refractivity contribution is -0.161. The fourth-order valence-electron chi connectivity index (χ4n) is 11.3. The Morgan fingerprint density at radius 1 is 0.833 bits per heavy atom. The average Bonchev–Trinajstić information content (AvgIpc) is 3.40. The van der Waals surface area contributed by atoms with Crippen molar-refractivity contribution in [1.82, 2.24) is 0 Å². The molecule has 4 rings (SSSR count). The van der Waals surface area contributed by atoms with Crippen molar-refractivity contribution in [2.24, 2.45) is 46.3 Å². The van der Waals surface area contributed by atoms with Crippen LogP contribution >= 0.6 is 0 Å². The van der Waals surface area contributed by atoms with Crippen molar-refractivity contribution < 1.29 is 14.6 Å². The maximum atomic E-state index is 13.4. The molecule has 0 aromatic rings. The zero-order valence-electron chi connectivity index (χ0n) is 32.6. The van der Waals surface area contributed by atoms with Crippen molar-refractivity contribution in [3.63, 3.8) is 0 Å². The number of ether oxygens (including phenoxy) is 1. The molecule has 0 heterocycles. The maximum absolute atomic E-state index is 13.4. The minimum atomic E-state index is -0.246. The Balaban J connectivity index is 1.27. The van der Waals surface area contributed by atoms with E-state index in [0.717, 1.165) is 49.9 Å². The van der Waals surface area contributed by atoms with E-state index in [1.807, 2.05) is 0 Å². The Hall–Kier alpha value is -1.09. The fraction of sp³-hybridized carbons (Fsp3) is 0.889. The van der Waals surface area contributed by atoms with Gasteiger partial charge in [0.05, 0.1) is 6.10 Å². The smallest absolute Gasteiger partial charge is 0.306 e. The van der Waals surface area contributed by atoms with Crippen LogP contribution in [0.1, 0.15) is 196 Å². The van der Waals surface area contributed by atoms with Crippen LogP contribution in [0.25, 0.3) is 0 Å². The average molecular weight is 667 g/mol. The van der Waals surface area contributed by atoms with Crippen molar-refractivity contribution in [2.75, 3.05) is 0 Å². The minimum Gasteiger partial charge on any atom is -0.458 e. The number of unbranched alkanes of at least 4 members (excludes halogenated alkanes) is 11. The van der Waals surface area contributed by atoms with Crippen molar-refractivity contribution in [3.05, 3.63) is 23.8 Å². The molecule has 0 amide bonds. The van der Waals surface area contributed by atoms with Crippen molar-refractivity contribution in [2.45, 2.75) is 208 Å². The predicted molar refractivity (Wildman–Crippen MR) is 204 cm³/mol. The molecule has 0 radical (unpaired) electrons. The van der Waals surface area contributed by atoms with E-state index >= 15 is 0 Å². The minimum absolute atomic E-state index is 0.0112. The van der Waals surface area contributed by atoms with Crippen LogP contribution < -0.4 is 0 Å². The molecule has 0 aromatic heterocycles. The van der Waals surface area contributed by atoms with E-state index in [9.17, 15) is 9.90 Å². The van der Waals surface area contributed by atoms with Gasteiger partial charge in [0.2, 0.25) is 0 Å². The van der Waals surface area contributed by atoms with E-state index < -0.39 is 0 Å². The van der Waals surface area contributed by atoms with E-state index in [1.165, 1.54) is 121 Å². The summed E-state index contributed by atoms with van der Waals surface area (Å²) in [7, 11) is 0. The predicted octanol–water partition coefficient (Wildman–Crippen LogP) is 12.9. The van der Waals surface area contributed by atoms with Gasteiger partial charge in [-0.1, -0.05) is 130 Å². The number of rotatable bonds is 21. The number of hydrogen-bond donors (Lipinski definition) is 1. The first kappa shape index (κ1) is 39.7. The Bertz CT molecular complexity index is 1010. The summed E-state index contributed by atoms with van der Waals surface area (Å²) in [5.74, 6) is 3.99. The number of aliphatic hydroxyl groups excluding tert-OH is 1. The number of aliphatic hydroxyl groups is 1. The number of carbonyl (C=O) groups is 1. The van der Waals surface area contributed by atoms with Gasteiger partial charge in [0.1, 0.15) is 6.10 Å². The maximum Gasteiger partial charge on any atom is 0.306 e. The van der Waals surface area contributed by atoms with Crippen LogP contribution in [0.15, 0.2) is 23.8 Å². The van der Waals surface area contributed by atoms with E-state index in [4.69, 9.17) is 4.74 Å². The number of hydrogen-bond acceptors (Lipinski definition) is 3. The highest BCUT2D eigenvalue weighted by atomic mass is 16.5. The zero-order chi connectivity index (χ0) is 34.6. The molecule has 1 N–H and O–H groups in total. The lowest BCUT2D eigenvalue weighted by atomic mass is 9.46. The molecule has 0 aromatic carbocycles. The highest BCUT2D eigenvalue weighted by molar-refractivity contribution is 5.69. The van der Waals surface area contributed by atoms with E-state index in [0.29, 0.717) is 29.6 Å². The number of esters is 1. The first-order valence-corrected chi connectivity index (χ1v) is 21.3. The fourth-order valence-corrected chi connectivity index (χ4v) is 11.3. The second-order valence-electron chi connectivity index (χ2n) is 18.1. The third-order valence-corrected chi connectivity index (χ3v) is 14.2. The van der Waals surface area contributed by atoms with Crippen LogP contribution in [0.3, 0.4) is 0 Å². The second kappa shape index (κ2) is 19.5. The van der Waals surface area contributed by atoms with Crippen molar-refractivity contribution in [3.8, 4) is 0 Å². The second-order valence-corrected chi connectivity index (χ2v) is 18.1. The van der Waals surface area contributed by atoms with Crippen LogP contribution in [0.4, 0.5) is 0 Å². The molecule has 48 heavy (non-hydrogen) atoms. The first-order valence-electron chi connectivity index (χ1n) is 21.3. The Labute approximate surface area is 297 Å². The van der Waals surface area contributed by atoms with Gasteiger partial charge in [-0.05, 0) is 124 Å². The van der Waals surface area contributed by atoms with Gasteiger partial charge in [-0.3, -0.25) is 4.79 Å². The molecule has 0 bridgehead atoms. The van der Waals surface area contributed by atoms with Crippen LogP contribution in [-0.2, 0) is 9.53 Å². The summed E-state index contributed by atoms with van der Waals surface area (Å²) < 4.78 is 6.54. The molecule has 0 spiro atoms. The lowest BCUT2D eigenvalue weighted by Crippen LogP contribution is -2.55. The van der Waals surface area contributed by atoms with Crippen molar-refractivity contribution >= 4 is 5.97 Å². The van der Waals surface area contributed by atoms with Gasteiger partial charge in [0, 0.05) is 12.3 Å². The summed E-state index contributed by atoms with van der Waals surface area (Å²) >= 11 is 0. The zero-order valence-corrected chi connectivity index (χ0v) is 32.6. The van der Waals surface area contributed by atoms with Crippen molar-refractivity contribution in [1.29, 1.82) is 0 Å². The topological polar surface area (TPSA) is 46.5 Å². The van der Waals surface area contributed by atoms with Gasteiger partial charge in [0.25, 0.3) is 0 Å². The largest absolute Gasteiger partial charge is 0.458 e. The molecule has 3 fully saturated rings. The highest BCUT2D eigenvalue weighted by Gasteiger charge is 2.62. The molecule has 5 unspecified atom stereocenters. The van der Waals surface area contributed by atoms with Gasteiger partial charge >= 0.3 is 5.97 Å². The quantitative estimate of drug-likeness (QED) is 0.0753. The molecule has 0 aliphatic heterocycles. The van der Waals surface area contributed by atoms with Gasteiger partial charge in [-0.25, -0.2) is 0 Å². The van der Waals surface area contributed by atoms with Gasteiger partial charge < -0.3 is 9.84 Å². The molecule has 3 nitrogen and oxygen atoms in total. The lowest BCUT2D eigenvalue weighted by Gasteiger charge is -2.59. The van der Waals surface area contributed by atoms with Crippen LogP contribution in [0, 0.1) is 46.3 Å². The molecule has 276 valence electrons. The van der Waals surface area contributed by atoms with Gasteiger partial charge in [-0.15, -0.1) is 0 Å². The van der Waals surface area contributed by atoms with Gasteiger partial charge in [0.15, 0.2) is 0 Å². The number of allylic oxidation sites excluding steroid dienone is 2. The highest BCUT2D eigenvalue weighted by Crippen LogP contribution is 2.67. The molecule has 0 saturated heterocycles. The van der Waals surface area contributed by atoms with Crippen LogP contribution in [0.2, 0.25) is 0 Å². The molecule has 3 heteroatoms. The summed E-state index contributed by atoms with van der Waals surface area (Å²) in [4.78, 5) is 13.4. The molecule has 3 saturated carbocycles. The Kier molecular flexibility index (Phi) is 16.1. The summed E-state index contributed by atoms with van der Waals surface area (Å²) in [6.45, 7) is 14.7. The summed E-state index contributed by atoms with van der Waals surface area (Å²) in [6.07, 6.45) is 35.8. The third-order valence-electron chi connectivity index (χ3n) is 14.2. The van der Waals surface area contributed by atoms with E-state index in [-0.39, 0.29) is 23.6 Å². The summed E-state index contributed by atoms with van der Waals surface area (Å²) in [5.41, 5.74) is 1.89. The van der Waals surface area contributed by atoms with E-state index in [2.05, 4.69) is 59.8 Å². The Morgan fingerprint density at radius 2 is 1.50 bits per heavy atom.